The molecule has 0 spiro atoms. The van der Waals surface area contributed by atoms with Gasteiger partial charge in [0.25, 0.3) is 5.91 Å². The molecule has 0 fully saturated rings. The predicted octanol–water partition coefficient (Wildman–Crippen LogP) is 4.74. The number of carbonyl (C=O) groups is 1. The van der Waals surface area contributed by atoms with Gasteiger partial charge in [0, 0.05) is 34.5 Å². The van der Waals surface area contributed by atoms with E-state index in [4.69, 9.17) is 11.6 Å². The van der Waals surface area contributed by atoms with Crippen LogP contribution in [0.25, 0.3) is 11.3 Å². The Morgan fingerprint density at radius 1 is 1.12 bits per heavy atom. The van der Waals surface area contributed by atoms with Crippen molar-refractivity contribution < 1.29 is 4.79 Å². The van der Waals surface area contributed by atoms with Gasteiger partial charge in [-0.15, -0.1) is 11.3 Å². The van der Waals surface area contributed by atoms with Crippen LogP contribution >= 0.6 is 22.9 Å². The molecular weight excluding hydrogens is 340 g/mol. The predicted molar refractivity (Wildman–Crippen MR) is 99.8 cm³/mol. The highest BCUT2D eigenvalue weighted by Crippen LogP contribution is 2.23. The highest BCUT2D eigenvalue weighted by molar-refractivity contribution is 7.09. The van der Waals surface area contributed by atoms with E-state index in [1.165, 1.54) is 0 Å². The molecule has 0 aliphatic rings. The SMILES string of the molecule is Cc1ccc(C(=O)NCCc2nc(-c3ccc(Cl)cc3)cs2)cc1. The van der Waals surface area contributed by atoms with Gasteiger partial charge in [-0.05, 0) is 31.2 Å². The second-order valence-corrected chi connectivity index (χ2v) is 6.88. The molecule has 0 saturated heterocycles. The van der Waals surface area contributed by atoms with Crippen LogP contribution in [0, 0.1) is 6.92 Å². The summed E-state index contributed by atoms with van der Waals surface area (Å²) in [6.45, 7) is 2.57. The number of hydrogen-bond acceptors (Lipinski definition) is 3. The fourth-order valence-corrected chi connectivity index (χ4v) is 3.20. The summed E-state index contributed by atoms with van der Waals surface area (Å²) in [5, 5.41) is 6.68. The van der Waals surface area contributed by atoms with Crippen molar-refractivity contribution in [1.82, 2.24) is 10.3 Å². The number of thiazole rings is 1. The zero-order valence-corrected chi connectivity index (χ0v) is 14.8. The summed E-state index contributed by atoms with van der Waals surface area (Å²) in [5.41, 5.74) is 3.81. The van der Waals surface area contributed by atoms with Gasteiger partial charge in [-0.3, -0.25) is 4.79 Å². The number of benzene rings is 2. The lowest BCUT2D eigenvalue weighted by molar-refractivity contribution is 0.0954. The first-order valence-corrected chi connectivity index (χ1v) is 8.93. The quantitative estimate of drug-likeness (QED) is 0.717. The van der Waals surface area contributed by atoms with E-state index in [1.54, 1.807) is 11.3 Å². The molecule has 1 amide bonds. The molecule has 0 unspecified atom stereocenters. The van der Waals surface area contributed by atoms with Crippen molar-refractivity contribution in [3.8, 4) is 11.3 Å². The van der Waals surface area contributed by atoms with Gasteiger partial charge in [0.1, 0.15) is 0 Å². The number of rotatable bonds is 5. The van der Waals surface area contributed by atoms with Crippen LogP contribution < -0.4 is 5.32 Å². The van der Waals surface area contributed by atoms with E-state index in [9.17, 15) is 4.79 Å². The zero-order chi connectivity index (χ0) is 16.9. The van der Waals surface area contributed by atoms with Crippen LogP contribution in [0.15, 0.2) is 53.9 Å². The smallest absolute Gasteiger partial charge is 0.251 e. The first kappa shape index (κ1) is 16.7. The number of amides is 1. The van der Waals surface area contributed by atoms with Gasteiger partial charge in [0.2, 0.25) is 0 Å². The zero-order valence-electron chi connectivity index (χ0n) is 13.3. The fraction of sp³-hybridized carbons (Fsp3) is 0.158. The highest BCUT2D eigenvalue weighted by atomic mass is 35.5. The maximum Gasteiger partial charge on any atom is 0.251 e. The molecule has 122 valence electrons. The van der Waals surface area contributed by atoms with E-state index in [0.717, 1.165) is 28.2 Å². The third-order valence-corrected chi connectivity index (χ3v) is 4.79. The molecule has 0 bridgehead atoms. The highest BCUT2D eigenvalue weighted by Gasteiger charge is 2.07. The summed E-state index contributed by atoms with van der Waals surface area (Å²) < 4.78 is 0. The summed E-state index contributed by atoms with van der Waals surface area (Å²) in [7, 11) is 0. The Morgan fingerprint density at radius 3 is 2.54 bits per heavy atom. The summed E-state index contributed by atoms with van der Waals surface area (Å²) in [5.74, 6) is -0.0514. The topological polar surface area (TPSA) is 42.0 Å². The minimum absolute atomic E-state index is 0.0514. The summed E-state index contributed by atoms with van der Waals surface area (Å²) in [4.78, 5) is 16.7. The minimum Gasteiger partial charge on any atom is -0.352 e. The van der Waals surface area contributed by atoms with E-state index in [1.807, 2.05) is 60.8 Å². The Bertz CT molecular complexity index is 825. The van der Waals surface area contributed by atoms with Crippen molar-refractivity contribution in [2.75, 3.05) is 6.54 Å². The molecule has 0 aliphatic carbocycles. The lowest BCUT2D eigenvalue weighted by Gasteiger charge is -2.04. The number of carbonyl (C=O) groups excluding carboxylic acids is 1. The molecule has 0 atom stereocenters. The number of hydrogen-bond donors (Lipinski definition) is 1. The molecule has 0 aliphatic heterocycles. The average Bonchev–Trinajstić information content (AvgIpc) is 3.05. The molecular formula is C19H17ClN2OS. The van der Waals surface area contributed by atoms with Crippen molar-refractivity contribution in [3.63, 3.8) is 0 Å². The van der Waals surface area contributed by atoms with Crippen molar-refractivity contribution >= 4 is 28.8 Å². The third kappa shape index (κ3) is 4.22. The lowest BCUT2D eigenvalue weighted by Crippen LogP contribution is -2.25. The summed E-state index contributed by atoms with van der Waals surface area (Å²) >= 11 is 7.51. The molecule has 5 heteroatoms. The fourth-order valence-electron chi connectivity index (χ4n) is 2.27. The monoisotopic (exact) mass is 356 g/mol. The number of halogens is 1. The van der Waals surface area contributed by atoms with Crippen molar-refractivity contribution in [1.29, 1.82) is 0 Å². The Hall–Kier alpha value is -2.17. The van der Waals surface area contributed by atoms with Gasteiger partial charge in [-0.2, -0.15) is 0 Å². The van der Waals surface area contributed by atoms with Crippen LogP contribution in [-0.4, -0.2) is 17.4 Å². The first-order chi connectivity index (χ1) is 11.6. The van der Waals surface area contributed by atoms with Crippen molar-refractivity contribution in [3.05, 3.63) is 75.1 Å². The van der Waals surface area contributed by atoms with Gasteiger partial charge >= 0.3 is 0 Å². The lowest BCUT2D eigenvalue weighted by atomic mass is 10.1. The number of nitrogens with zero attached hydrogens (tertiary/aromatic N) is 1. The van der Waals surface area contributed by atoms with Crippen LogP contribution in [0.2, 0.25) is 5.02 Å². The number of aryl methyl sites for hydroxylation is 1. The van der Waals surface area contributed by atoms with E-state index >= 15 is 0 Å². The van der Waals surface area contributed by atoms with Gasteiger partial charge < -0.3 is 5.32 Å². The Balaban J connectivity index is 1.55. The molecule has 0 radical (unpaired) electrons. The Labute approximate surface area is 150 Å². The van der Waals surface area contributed by atoms with Gasteiger partial charge in [0.15, 0.2) is 0 Å². The summed E-state index contributed by atoms with van der Waals surface area (Å²) in [6, 6.07) is 15.2. The van der Waals surface area contributed by atoms with Gasteiger partial charge in [0.05, 0.1) is 10.7 Å². The molecule has 2 aromatic carbocycles. The van der Waals surface area contributed by atoms with Crippen LogP contribution in [0.5, 0.6) is 0 Å². The van der Waals surface area contributed by atoms with Crippen LogP contribution in [-0.2, 0) is 6.42 Å². The van der Waals surface area contributed by atoms with Gasteiger partial charge in [-0.1, -0.05) is 41.4 Å². The van der Waals surface area contributed by atoms with Gasteiger partial charge in [-0.25, -0.2) is 4.98 Å². The van der Waals surface area contributed by atoms with Crippen molar-refractivity contribution in [2.45, 2.75) is 13.3 Å². The van der Waals surface area contributed by atoms with E-state index in [0.29, 0.717) is 17.1 Å². The second-order valence-electron chi connectivity index (χ2n) is 5.51. The van der Waals surface area contributed by atoms with Crippen LogP contribution in [0.1, 0.15) is 20.9 Å². The van der Waals surface area contributed by atoms with Crippen molar-refractivity contribution in [2.24, 2.45) is 0 Å². The van der Waals surface area contributed by atoms with Crippen LogP contribution in [0.3, 0.4) is 0 Å². The average molecular weight is 357 g/mol. The van der Waals surface area contributed by atoms with Crippen LogP contribution in [0.4, 0.5) is 0 Å². The molecule has 1 heterocycles. The standard InChI is InChI=1S/C19H17ClN2OS/c1-13-2-4-15(5-3-13)19(23)21-11-10-18-22-17(12-24-18)14-6-8-16(20)9-7-14/h2-9,12H,10-11H2,1H3,(H,21,23). The van der Waals surface area contributed by atoms with E-state index < -0.39 is 0 Å². The minimum atomic E-state index is -0.0514. The second kappa shape index (κ2) is 7.60. The number of nitrogens with one attached hydrogen (secondary N) is 1. The van der Waals surface area contributed by atoms with E-state index in [-0.39, 0.29) is 5.91 Å². The largest absolute Gasteiger partial charge is 0.352 e. The number of aromatic nitrogens is 1. The molecule has 24 heavy (non-hydrogen) atoms. The molecule has 3 rings (SSSR count). The third-order valence-electron chi connectivity index (χ3n) is 3.63. The molecule has 1 aromatic heterocycles. The maximum absolute atomic E-state index is 12.1. The van der Waals surface area contributed by atoms with E-state index in [2.05, 4.69) is 10.3 Å². The maximum atomic E-state index is 12.1. The first-order valence-electron chi connectivity index (χ1n) is 7.67. The normalized spacial score (nSPS) is 10.6. The molecule has 3 aromatic rings. The summed E-state index contributed by atoms with van der Waals surface area (Å²) in [6.07, 6.45) is 0.718. The Kier molecular flexibility index (Phi) is 5.28. The molecule has 3 nitrogen and oxygen atoms in total. The Morgan fingerprint density at radius 2 is 1.83 bits per heavy atom. The molecule has 1 N–H and O–H groups in total. The molecule has 0 saturated carbocycles.